The molecule has 0 heterocycles. The number of allylic oxidation sites excluding steroid dienone is 2. The van der Waals surface area contributed by atoms with Crippen LogP contribution in [0.1, 0.15) is 41.9 Å². The van der Waals surface area contributed by atoms with Crippen molar-refractivity contribution in [3.8, 4) is 11.1 Å². The third kappa shape index (κ3) is 3.05. The first-order valence-corrected chi connectivity index (χ1v) is 7.90. The normalized spacial score (nSPS) is 17.5. The summed E-state index contributed by atoms with van der Waals surface area (Å²) in [4.78, 5) is 0. The highest BCUT2D eigenvalue weighted by Crippen LogP contribution is 2.34. The van der Waals surface area contributed by atoms with Gasteiger partial charge in [0.05, 0.1) is 5.56 Å². The maximum absolute atomic E-state index is 14.5. The van der Waals surface area contributed by atoms with E-state index in [0.29, 0.717) is 16.7 Å². The van der Waals surface area contributed by atoms with Crippen molar-refractivity contribution < 1.29 is 13.2 Å². The highest BCUT2D eigenvalue weighted by Gasteiger charge is 2.19. The van der Waals surface area contributed by atoms with Crippen LogP contribution in [0.25, 0.3) is 11.1 Å². The van der Waals surface area contributed by atoms with Crippen LogP contribution in [0.4, 0.5) is 13.2 Å². The maximum atomic E-state index is 14.5. The Kier molecular flexibility index (Phi) is 4.29. The van der Waals surface area contributed by atoms with Gasteiger partial charge in [0.15, 0.2) is 0 Å². The van der Waals surface area contributed by atoms with Gasteiger partial charge in [-0.1, -0.05) is 18.2 Å². The molecule has 0 saturated carbocycles. The van der Waals surface area contributed by atoms with Crippen molar-refractivity contribution in [1.82, 2.24) is 0 Å². The van der Waals surface area contributed by atoms with Crippen molar-refractivity contribution in [3.05, 3.63) is 70.6 Å². The monoisotopic (exact) mass is 316 g/mol. The van der Waals surface area contributed by atoms with E-state index in [2.05, 4.69) is 6.08 Å². The number of rotatable bonds is 2. The SMILES string of the molecule is Cc1cc(-c2c(F)cc(C3C=CCCC3)cc2F)cc(F)c1C. The zero-order chi connectivity index (χ0) is 16.6. The van der Waals surface area contributed by atoms with Crippen molar-refractivity contribution in [2.75, 3.05) is 0 Å². The first-order chi connectivity index (χ1) is 11.0. The second-order valence-electron chi connectivity index (χ2n) is 6.23. The first kappa shape index (κ1) is 15.9. The van der Waals surface area contributed by atoms with Gasteiger partial charge in [-0.05, 0) is 73.6 Å². The van der Waals surface area contributed by atoms with Crippen LogP contribution in [0.3, 0.4) is 0 Å². The third-order valence-electron chi connectivity index (χ3n) is 4.64. The Morgan fingerprint density at radius 1 is 0.913 bits per heavy atom. The van der Waals surface area contributed by atoms with E-state index in [0.717, 1.165) is 19.3 Å². The van der Waals surface area contributed by atoms with Crippen molar-refractivity contribution >= 4 is 0 Å². The molecule has 0 radical (unpaired) electrons. The zero-order valence-electron chi connectivity index (χ0n) is 13.3. The Morgan fingerprint density at radius 2 is 1.61 bits per heavy atom. The molecule has 1 atom stereocenters. The van der Waals surface area contributed by atoms with Crippen LogP contribution in [0.2, 0.25) is 0 Å². The number of hydrogen-bond acceptors (Lipinski definition) is 0. The molecule has 1 aliphatic carbocycles. The van der Waals surface area contributed by atoms with E-state index in [1.165, 1.54) is 18.2 Å². The molecular weight excluding hydrogens is 297 g/mol. The van der Waals surface area contributed by atoms with Gasteiger partial charge < -0.3 is 0 Å². The maximum Gasteiger partial charge on any atom is 0.134 e. The minimum Gasteiger partial charge on any atom is -0.207 e. The molecule has 0 aliphatic heterocycles. The minimum absolute atomic E-state index is 0.0540. The molecule has 3 rings (SSSR count). The Morgan fingerprint density at radius 3 is 2.17 bits per heavy atom. The Bertz CT molecular complexity index is 728. The molecule has 0 N–H and O–H groups in total. The van der Waals surface area contributed by atoms with Crippen LogP contribution < -0.4 is 0 Å². The molecule has 0 nitrogen and oxygen atoms in total. The zero-order valence-corrected chi connectivity index (χ0v) is 13.3. The summed E-state index contributed by atoms with van der Waals surface area (Å²) in [6, 6.07) is 5.59. The molecule has 23 heavy (non-hydrogen) atoms. The predicted molar refractivity (Wildman–Crippen MR) is 87.0 cm³/mol. The predicted octanol–water partition coefficient (Wildman–Crippen LogP) is 6.21. The summed E-state index contributed by atoms with van der Waals surface area (Å²) >= 11 is 0. The molecule has 0 saturated heterocycles. The van der Waals surface area contributed by atoms with Gasteiger partial charge in [0, 0.05) is 5.92 Å². The van der Waals surface area contributed by atoms with Gasteiger partial charge >= 0.3 is 0 Å². The topological polar surface area (TPSA) is 0 Å². The summed E-state index contributed by atoms with van der Waals surface area (Å²) in [5.74, 6) is -1.67. The average molecular weight is 316 g/mol. The van der Waals surface area contributed by atoms with Crippen LogP contribution in [0, 0.1) is 31.3 Å². The number of halogens is 3. The summed E-state index contributed by atoms with van der Waals surface area (Å²) in [5.41, 5.74) is 1.91. The molecule has 0 amide bonds. The Labute approximate surface area is 134 Å². The van der Waals surface area contributed by atoms with E-state index in [9.17, 15) is 13.2 Å². The van der Waals surface area contributed by atoms with Crippen LogP contribution in [0.5, 0.6) is 0 Å². The Hall–Kier alpha value is -2.03. The summed E-state index contributed by atoms with van der Waals surface area (Å²) in [5, 5.41) is 0. The molecule has 3 heteroatoms. The minimum atomic E-state index is -0.637. The van der Waals surface area contributed by atoms with Crippen LogP contribution in [0.15, 0.2) is 36.4 Å². The lowest BCUT2D eigenvalue weighted by Gasteiger charge is -2.18. The summed E-state index contributed by atoms with van der Waals surface area (Å²) in [7, 11) is 0. The fourth-order valence-electron chi connectivity index (χ4n) is 3.13. The molecule has 1 aliphatic rings. The second-order valence-corrected chi connectivity index (χ2v) is 6.23. The molecule has 2 aromatic carbocycles. The van der Waals surface area contributed by atoms with Gasteiger partial charge in [-0.2, -0.15) is 0 Å². The molecule has 0 spiro atoms. The molecule has 0 bridgehead atoms. The van der Waals surface area contributed by atoms with Gasteiger partial charge in [-0.15, -0.1) is 0 Å². The van der Waals surface area contributed by atoms with Gasteiger partial charge in [0.2, 0.25) is 0 Å². The summed E-state index contributed by atoms with van der Waals surface area (Å²) in [6.45, 7) is 3.39. The van der Waals surface area contributed by atoms with Crippen LogP contribution >= 0.6 is 0 Å². The van der Waals surface area contributed by atoms with Crippen molar-refractivity contribution in [1.29, 1.82) is 0 Å². The van der Waals surface area contributed by atoms with Gasteiger partial charge in [-0.25, -0.2) is 13.2 Å². The lowest BCUT2D eigenvalue weighted by molar-refractivity contribution is 0.576. The van der Waals surface area contributed by atoms with Crippen molar-refractivity contribution in [2.45, 2.75) is 39.0 Å². The quantitative estimate of drug-likeness (QED) is 0.578. The van der Waals surface area contributed by atoms with E-state index in [-0.39, 0.29) is 17.0 Å². The molecular formula is C20H19F3. The van der Waals surface area contributed by atoms with Gasteiger partial charge in [-0.3, -0.25) is 0 Å². The van der Waals surface area contributed by atoms with Crippen LogP contribution in [-0.4, -0.2) is 0 Å². The summed E-state index contributed by atoms with van der Waals surface area (Å²) < 4.78 is 43.0. The fourth-order valence-corrected chi connectivity index (χ4v) is 3.13. The number of hydrogen-bond donors (Lipinski definition) is 0. The average Bonchev–Trinajstić information content (AvgIpc) is 2.52. The molecule has 0 fully saturated rings. The van der Waals surface area contributed by atoms with Crippen molar-refractivity contribution in [3.63, 3.8) is 0 Å². The lowest BCUT2D eigenvalue weighted by atomic mass is 9.88. The van der Waals surface area contributed by atoms with Gasteiger partial charge in [0.25, 0.3) is 0 Å². The smallest absolute Gasteiger partial charge is 0.134 e. The van der Waals surface area contributed by atoms with Gasteiger partial charge in [0.1, 0.15) is 17.5 Å². The van der Waals surface area contributed by atoms with E-state index in [4.69, 9.17) is 0 Å². The fraction of sp³-hybridized carbons (Fsp3) is 0.300. The van der Waals surface area contributed by atoms with E-state index < -0.39 is 17.5 Å². The van der Waals surface area contributed by atoms with E-state index in [1.807, 2.05) is 6.08 Å². The second kappa shape index (κ2) is 6.23. The molecule has 2 aromatic rings. The first-order valence-electron chi connectivity index (χ1n) is 7.90. The van der Waals surface area contributed by atoms with Crippen molar-refractivity contribution in [2.24, 2.45) is 0 Å². The lowest BCUT2D eigenvalue weighted by Crippen LogP contribution is -2.03. The van der Waals surface area contributed by atoms with E-state index in [1.54, 1.807) is 19.9 Å². The molecule has 0 aromatic heterocycles. The summed E-state index contributed by atoms with van der Waals surface area (Å²) in [6.07, 6.45) is 6.99. The highest BCUT2D eigenvalue weighted by molar-refractivity contribution is 5.67. The third-order valence-corrected chi connectivity index (χ3v) is 4.64. The van der Waals surface area contributed by atoms with Crippen LogP contribution in [-0.2, 0) is 0 Å². The van der Waals surface area contributed by atoms with E-state index >= 15 is 0 Å². The highest BCUT2D eigenvalue weighted by atomic mass is 19.1. The Balaban J connectivity index is 2.07. The number of benzene rings is 2. The number of aryl methyl sites for hydroxylation is 1. The molecule has 120 valence electrons. The largest absolute Gasteiger partial charge is 0.207 e. The standard InChI is InChI=1S/C20H19F3/c1-12-8-16(11-17(21)13(12)2)20-18(22)9-15(10-19(20)23)14-6-4-3-5-7-14/h4,6,8-11,14H,3,5,7H2,1-2H3. The molecule has 1 unspecified atom stereocenters.